The van der Waals surface area contributed by atoms with Gasteiger partial charge in [0.05, 0.1) is 5.92 Å². The molecule has 5 heteroatoms. The molecule has 0 spiro atoms. The normalized spacial score (nSPS) is 34.6. The largest absolute Gasteiger partial charge is 0.377 e. The van der Waals surface area contributed by atoms with Gasteiger partial charge in [0.2, 0.25) is 5.91 Å². The van der Waals surface area contributed by atoms with Crippen LogP contribution in [-0.4, -0.2) is 63.4 Å². The van der Waals surface area contributed by atoms with Crippen LogP contribution in [0.3, 0.4) is 0 Å². The van der Waals surface area contributed by atoms with E-state index in [2.05, 4.69) is 5.32 Å². The standard InChI is InChI=1S/C11H20N2O3/c1-15-9-6-13(7-10(9)16-2)11(14)8-3-4-12-5-8/h8-10,12H,3-7H2,1-2H3. The number of methoxy groups -OCH3 is 2. The van der Waals surface area contributed by atoms with Gasteiger partial charge in [-0.3, -0.25) is 4.79 Å². The molecular weight excluding hydrogens is 208 g/mol. The number of carbonyl (C=O) groups excluding carboxylic acids is 1. The Morgan fingerprint density at radius 3 is 2.31 bits per heavy atom. The molecule has 2 rings (SSSR count). The number of amides is 1. The third kappa shape index (κ3) is 2.21. The third-order valence-corrected chi connectivity index (χ3v) is 3.54. The highest BCUT2D eigenvalue weighted by atomic mass is 16.5. The smallest absolute Gasteiger partial charge is 0.227 e. The Bertz CT molecular complexity index is 242. The predicted molar refractivity (Wildman–Crippen MR) is 59.2 cm³/mol. The van der Waals surface area contributed by atoms with Crippen molar-refractivity contribution in [3.63, 3.8) is 0 Å². The Balaban J connectivity index is 1.93. The van der Waals surface area contributed by atoms with Gasteiger partial charge in [-0.2, -0.15) is 0 Å². The van der Waals surface area contributed by atoms with Crippen LogP contribution >= 0.6 is 0 Å². The zero-order valence-electron chi connectivity index (χ0n) is 9.94. The van der Waals surface area contributed by atoms with Crippen molar-refractivity contribution in [2.24, 2.45) is 5.92 Å². The van der Waals surface area contributed by atoms with Gasteiger partial charge in [-0.1, -0.05) is 0 Å². The van der Waals surface area contributed by atoms with Crippen molar-refractivity contribution < 1.29 is 14.3 Å². The molecule has 2 aliphatic heterocycles. The van der Waals surface area contributed by atoms with Crippen molar-refractivity contribution >= 4 is 5.91 Å². The van der Waals surface area contributed by atoms with E-state index in [1.807, 2.05) is 4.90 Å². The van der Waals surface area contributed by atoms with Gasteiger partial charge in [-0.15, -0.1) is 0 Å². The maximum Gasteiger partial charge on any atom is 0.227 e. The van der Waals surface area contributed by atoms with Gasteiger partial charge in [0.25, 0.3) is 0 Å². The quantitative estimate of drug-likeness (QED) is 0.705. The molecule has 0 aromatic heterocycles. The van der Waals surface area contributed by atoms with Crippen LogP contribution in [0.4, 0.5) is 0 Å². The first-order valence-electron chi connectivity index (χ1n) is 5.81. The molecule has 1 amide bonds. The minimum Gasteiger partial charge on any atom is -0.377 e. The van der Waals surface area contributed by atoms with E-state index in [0.29, 0.717) is 13.1 Å². The zero-order chi connectivity index (χ0) is 11.5. The Kier molecular flexibility index (Phi) is 3.78. The SMILES string of the molecule is COC1CN(C(=O)C2CCNC2)CC1OC. The number of nitrogens with one attached hydrogen (secondary N) is 1. The number of likely N-dealkylation sites (tertiary alicyclic amines) is 1. The van der Waals surface area contributed by atoms with E-state index in [-0.39, 0.29) is 24.0 Å². The Morgan fingerprint density at radius 2 is 1.88 bits per heavy atom. The fourth-order valence-electron chi connectivity index (χ4n) is 2.50. The highest BCUT2D eigenvalue weighted by molar-refractivity contribution is 5.79. The first kappa shape index (κ1) is 11.8. The van der Waals surface area contributed by atoms with E-state index in [1.165, 1.54) is 0 Å². The van der Waals surface area contributed by atoms with Crippen LogP contribution in [0.25, 0.3) is 0 Å². The van der Waals surface area contributed by atoms with Crippen LogP contribution in [0.5, 0.6) is 0 Å². The molecule has 3 atom stereocenters. The topological polar surface area (TPSA) is 50.8 Å². The summed E-state index contributed by atoms with van der Waals surface area (Å²) in [5.74, 6) is 0.389. The summed E-state index contributed by atoms with van der Waals surface area (Å²) in [5, 5.41) is 3.22. The summed E-state index contributed by atoms with van der Waals surface area (Å²) >= 11 is 0. The molecule has 2 fully saturated rings. The van der Waals surface area contributed by atoms with Crippen LogP contribution in [0.2, 0.25) is 0 Å². The van der Waals surface area contributed by atoms with E-state index >= 15 is 0 Å². The molecule has 0 saturated carbocycles. The van der Waals surface area contributed by atoms with Crippen molar-refractivity contribution in [3.05, 3.63) is 0 Å². The van der Waals surface area contributed by atoms with Crippen molar-refractivity contribution in [1.82, 2.24) is 10.2 Å². The van der Waals surface area contributed by atoms with Gasteiger partial charge < -0.3 is 19.7 Å². The van der Waals surface area contributed by atoms with Crippen molar-refractivity contribution in [1.29, 1.82) is 0 Å². The van der Waals surface area contributed by atoms with E-state index in [9.17, 15) is 4.79 Å². The number of carbonyl (C=O) groups is 1. The number of rotatable bonds is 3. The Hall–Kier alpha value is -0.650. The lowest BCUT2D eigenvalue weighted by Gasteiger charge is -2.19. The fourth-order valence-corrected chi connectivity index (χ4v) is 2.50. The minimum absolute atomic E-state index is 0.0170. The predicted octanol–water partition coefficient (Wildman–Crippen LogP) is -0.532. The second kappa shape index (κ2) is 5.12. The Labute approximate surface area is 96.1 Å². The third-order valence-electron chi connectivity index (χ3n) is 3.54. The molecule has 92 valence electrons. The second-order valence-corrected chi connectivity index (χ2v) is 4.48. The summed E-state index contributed by atoms with van der Waals surface area (Å²) in [6, 6.07) is 0. The lowest BCUT2D eigenvalue weighted by atomic mass is 10.1. The lowest BCUT2D eigenvalue weighted by Crippen LogP contribution is -2.36. The maximum absolute atomic E-state index is 12.1. The van der Waals surface area contributed by atoms with Crippen LogP contribution < -0.4 is 5.32 Å². The molecule has 2 saturated heterocycles. The Morgan fingerprint density at radius 1 is 1.25 bits per heavy atom. The number of hydrogen-bond acceptors (Lipinski definition) is 4. The number of hydrogen-bond donors (Lipinski definition) is 1. The van der Waals surface area contributed by atoms with Gasteiger partial charge in [0.1, 0.15) is 12.2 Å². The molecule has 1 N–H and O–H groups in total. The molecule has 0 bridgehead atoms. The van der Waals surface area contributed by atoms with Gasteiger partial charge in [0.15, 0.2) is 0 Å². The molecule has 5 nitrogen and oxygen atoms in total. The highest BCUT2D eigenvalue weighted by Gasteiger charge is 2.38. The van der Waals surface area contributed by atoms with Gasteiger partial charge >= 0.3 is 0 Å². The van der Waals surface area contributed by atoms with Crippen molar-refractivity contribution in [3.8, 4) is 0 Å². The lowest BCUT2D eigenvalue weighted by molar-refractivity contribution is -0.134. The van der Waals surface area contributed by atoms with E-state index in [1.54, 1.807) is 14.2 Å². The maximum atomic E-state index is 12.1. The molecule has 0 aromatic rings. The number of nitrogens with zero attached hydrogens (tertiary/aromatic N) is 1. The summed E-state index contributed by atoms with van der Waals surface area (Å²) in [5.41, 5.74) is 0. The van der Waals surface area contributed by atoms with Crippen molar-refractivity contribution in [2.45, 2.75) is 18.6 Å². The van der Waals surface area contributed by atoms with Crippen molar-refractivity contribution in [2.75, 3.05) is 40.4 Å². The van der Waals surface area contributed by atoms with Gasteiger partial charge in [0, 0.05) is 33.9 Å². The number of ether oxygens (including phenoxy) is 2. The fraction of sp³-hybridized carbons (Fsp3) is 0.909. The highest BCUT2D eigenvalue weighted by Crippen LogP contribution is 2.20. The average Bonchev–Trinajstić information content (AvgIpc) is 2.96. The van der Waals surface area contributed by atoms with E-state index in [0.717, 1.165) is 19.5 Å². The summed E-state index contributed by atoms with van der Waals surface area (Å²) in [6.07, 6.45) is 0.983. The van der Waals surface area contributed by atoms with Crippen LogP contribution in [0.1, 0.15) is 6.42 Å². The first-order valence-corrected chi connectivity index (χ1v) is 5.81. The molecule has 0 aromatic carbocycles. The second-order valence-electron chi connectivity index (χ2n) is 4.48. The summed E-state index contributed by atoms with van der Waals surface area (Å²) in [4.78, 5) is 14.0. The molecule has 16 heavy (non-hydrogen) atoms. The van der Waals surface area contributed by atoms with E-state index in [4.69, 9.17) is 9.47 Å². The molecule has 2 aliphatic rings. The average molecular weight is 228 g/mol. The monoisotopic (exact) mass is 228 g/mol. The molecule has 2 heterocycles. The molecule has 0 aliphatic carbocycles. The minimum atomic E-state index is 0.0170. The summed E-state index contributed by atoms with van der Waals surface area (Å²) in [7, 11) is 3.34. The van der Waals surface area contributed by atoms with Crippen LogP contribution in [-0.2, 0) is 14.3 Å². The summed E-state index contributed by atoms with van der Waals surface area (Å²) in [6.45, 7) is 3.07. The van der Waals surface area contributed by atoms with Crippen LogP contribution in [0.15, 0.2) is 0 Å². The van der Waals surface area contributed by atoms with Gasteiger partial charge in [-0.25, -0.2) is 0 Å². The zero-order valence-corrected chi connectivity index (χ0v) is 9.94. The summed E-state index contributed by atoms with van der Waals surface area (Å²) < 4.78 is 10.6. The van der Waals surface area contributed by atoms with E-state index < -0.39 is 0 Å². The van der Waals surface area contributed by atoms with Crippen LogP contribution in [0, 0.1) is 5.92 Å². The molecule has 0 radical (unpaired) electrons. The molecule has 3 unspecified atom stereocenters. The molecular formula is C11H20N2O3. The first-order chi connectivity index (χ1) is 7.76. The van der Waals surface area contributed by atoms with Gasteiger partial charge in [-0.05, 0) is 13.0 Å².